The highest BCUT2D eigenvalue weighted by Crippen LogP contribution is 2.20. The Labute approximate surface area is 130 Å². The van der Waals surface area contributed by atoms with Gasteiger partial charge in [-0.25, -0.2) is 0 Å². The van der Waals surface area contributed by atoms with E-state index in [0.717, 1.165) is 39.0 Å². The second kappa shape index (κ2) is 8.60. The summed E-state index contributed by atoms with van der Waals surface area (Å²) in [4.78, 5) is 27.4. The van der Waals surface area contributed by atoms with Crippen molar-refractivity contribution in [1.82, 2.24) is 15.1 Å². The van der Waals surface area contributed by atoms with Crippen molar-refractivity contribution in [3.8, 4) is 0 Å². The third kappa shape index (κ3) is 5.48. The molecule has 21 heavy (non-hydrogen) atoms. The van der Waals surface area contributed by atoms with Gasteiger partial charge in [0, 0.05) is 31.4 Å². The number of carbonyl (C=O) groups is 2. The number of nitrogens with one attached hydrogen (secondary N) is 1. The van der Waals surface area contributed by atoms with Gasteiger partial charge in [-0.3, -0.25) is 14.5 Å². The minimum atomic E-state index is -0.212. The first-order chi connectivity index (χ1) is 10.2. The maximum atomic E-state index is 12.2. The highest BCUT2D eigenvalue weighted by atomic mass is 32.2. The van der Waals surface area contributed by atoms with E-state index in [-0.39, 0.29) is 11.9 Å². The lowest BCUT2D eigenvalue weighted by molar-refractivity contribution is -0.142. The molecule has 2 aliphatic heterocycles. The number of carbonyl (C=O) groups excluding carboxylic acids is 2. The first-order valence-corrected chi connectivity index (χ1v) is 8.63. The van der Waals surface area contributed by atoms with Crippen LogP contribution in [0.2, 0.25) is 0 Å². The molecule has 0 radical (unpaired) electrons. The molecule has 2 rings (SSSR count). The Bertz CT molecular complexity index is 353. The molecule has 6 nitrogen and oxygen atoms in total. The summed E-state index contributed by atoms with van der Waals surface area (Å²) >= 11 is 1.80. The van der Waals surface area contributed by atoms with Crippen molar-refractivity contribution in [3.63, 3.8) is 0 Å². The zero-order chi connectivity index (χ0) is 15.1. The normalized spacial score (nSPS) is 21.3. The first kappa shape index (κ1) is 16.6. The minimum Gasteiger partial charge on any atom is -0.468 e. The summed E-state index contributed by atoms with van der Waals surface area (Å²) < 4.78 is 4.66. The number of nitrogens with zero attached hydrogens (tertiary/aromatic N) is 2. The van der Waals surface area contributed by atoms with Gasteiger partial charge in [0.15, 0.2) is 0 Å². The lowest BCUT2D eigenvalue weighted by atomic mass is 10.2. The third-order valence-electron chi connectivity index (χ3n) is 4.03. The second-order valence-electron chi connectivity index (χ2n) is 5.49. The number of esters is 1. The van der Waals surface area contributed by atoms with E-state index in [1.807, 2.05) is 9.80 Å². The van der Waals surface area contributed by atoms with Crippen LogP contribution >= 0.6 is 11.8 Å². The molecule has 0 unspecified atom stereocenters. The molecule has 0 atom stereocenters. The molecule has 2 saturated heterocycles. The Balaban J connectivity index is 1.64. The molecule has 7 heteroatoms. The average Bonchev–Trinajstić information content (AvgIpc) is 2.54. The predicted molar refractivity (Wildman–Crippen MR) is 83.4 cm³/mol. The molecule has 1 amide bonds. The summed E-state index contributed by atoms with van der Waals surface area (Å²) in [5, 5.41) is 3.96. The van der Waals surface area contributed by atoms with Gasteiger partial charge >= 0.3 is 5.97 Å². The van der Waals surface area contributed by atoms with Gasteiger partial charge in [0.2, 0.25) is 5.91 Å². The predicted octanol–water partition coefficient (Wildman–Crippen LogP) is -0.211. The van der Waals surface area contributed by atoms with Gasteiger partial charge in [0.25, 0.3) is 0 Å². The number of hydrogen-bond donors (Lipinski definition) is 1. The highest BCUT2D eigenvalue weighted by molar-refractivity contribution is 8.00. The summed E-state index contributed by atoms with van der Waals surface area (Å²) in [6, 6.07) is 0. The van der Waals surface area contributed by atoms with Crippen LogP contribution in [0.3, 0.4) is 0 Å². The molecule has 2 fully saturated rings. The molecule has 0 aromatic carbocycles. The molecule has 0 aromatic rings. The molecule has 1 N–H and O–H groups in total. The summed E-state index contributed by atoms with van der Waals surface area (Å²) in [5.41, 5.74) is 0. The van der Waals surface area contributed by atoms with Crippen LogP contribution in [0, 0.1) is 0 Å². The number of methoxy groups -OCH3 is 1. The van der Waals surface area contributed by atoms with Crippen molar-refractivity contribution in [3.05, 3.63) is 0 Å². The number of piperidine rings is 1. The van der Waals surface area contributed by atoms with Crippen molar-refractivity contribution in [1.29, 1.82) is 0 Å². The van der Waals surface area contributed by atoms with Gasteiger partial charge in [0.05, 0.1) is 19.4 Å². The average molecular weight is 315 g/mol. The van der Waals surface area contributed by atoms with Crippen molar-refractivity contribution in [2.24, 2.45) is 0 Å². The van der Waals surface area contributed by atoms with Crippen LogP contribution in [0.1, 0.15) is 12.8 Å². The van der Waals surface area contributed by atoms with Crippen molar-refractivity contribution < 1.29 is 14.3 Å². The van der Waals surface area contributed by atoms with E-state index in [4.69, 9.17) is 0 Å². The van der Waals surface area contributed by atoms with E-state index < -0.39 is 0 Å². The van der Waals surface area contributed by atoms with Crippen molar-refractivity contribution in [2.45, 2.75) is 18.1 Å². The number of hydrogen-bond acceptors (Lipinski definition) is 6. The third-order valence-corrected chi connectivity index (χ3v) is 5.39. The summed E-state index contributed by atoms with van der Waals surface area (Å²) in [6.07, 6.45) is 2.32. The van der Waals surface area contributed by atoms with Crippen molar-refractivity contribution in [2.75, 3.05) is 58.7 Å². The van der Waals surface area contributed by atoms with E-state index in [2.05, 4.69) is 10.1 Å². The maximum Gasteiger partial charge on any atom is 0.319 e. The van der Waals surface area contributed by atoms with E-state index in [0.29, 0.717) is 30.6 Å². The minimum absolute atomic E-state index is 0.212. The van der Waals surface area contributed by atoms with Gasteiger partial charge < -0.3 is 15.0 Å². The Morgan fingerprint density at radius 3 is 2.48 bits per heavy atom. The van der Waals surface area contributed by atoms with Gasteiger partial charge in [0.1, 0.15) is 0 Å². The molecule has 120 valence electrons. The molecule has 0 spiro atoms. The second-order valence-corrected chi connectivity index (χ2v) is 6.78. The molecule has 2 aliphatic rings. The van der Waals surface area contributed by atoms with E-state index in [1.54, 1.807) is 11.8 Å². The lowest BCUT2D eigenvalue weighted by Gasteiger charge is -2.34. The summed E-state index contributed by atoms with van der Waals surface area (Å²) in [6.45, 7) is 5.38. The van der Waals surface area contributed by atoms with Crippen LogP contribution < -0.4 is 5.32 Å². The molecule has 0 saturated carbocycles. The van der Waals surface area contributed by atoms with E-state index in [1.165, 1.54) is 7.11 Å². The maximum absolute atomic E-state index is 12.2. The monoisotopic (exact) mass is 315 g/mol. The van der Waals surface area contributed by atoms with Gasteiger partial charge in [-0.05, 0) is 25.9 Å². The smallest absolute Gasteiger partial charge is 0.319 e. The molecule has 0 aromatic heterocycles. The van der Waals surface area contributed by atoms with Gasteiger partial charge in [-0.15, -0.1) is 11.8 Å². The Morgan fingerprint density at radius 1 is 1.19 bits per heavy atom. The summed E-state index contributed by atoms with van der Waals surface area (Å²) in [7, 11) is 1.40. The molecule has 0 bridgehead atoms. The molecule has 0 aliphatic carbocycles. The van der Waals surface area contributed by atoms with Crippen LogP contribution in [0.25, 0.3) is 0 Å². The number of amides is 1. The number of piperazine rings is 1. The fraction of sp³-hybridized carbons (Fsp3) is 0.857. The van der Waals surface area contributed by atoms with Gasteiger partial charge in [-0.2, -0.15) is 0 Å². The molecular weight excluding hydrogens is 290 g/mol. The van der Waals surface area contributed by atoms with E-state index >= 15 is 0 Å². The quantitative estimate of drug-likeness (QED) is 0.708. The Kier molecular flexibility index (Phi) is 6.79. The zero-order valence-electron chi connectivity index (χ0n) is 12.7. The topological polar surface area (TPSA) is 61.9 Å². The standard InChI is InChI=1S/C14H25N3O3S/c1-20-14(19)10-16-6-8-17(9-7-16)13(18)11-21-12-2-4-15-5-3-12/h12,15H,2-11H2,1H3. The van der Waals surface area contributed by atoms with E-state index in [9.17, 15) is 9.59 Å². The Hall–Kier alpha value is -0.790. The first-order valence-electron chi connectivity index (χ1n) is 7.58. The molecule has 2 heterocycles. The van der Waals surface area contributed by atoms with Crippen LogP contribution in [-0.4, -0.2) is 85.6 Å². The molecular formula is C14H25N3O3S. The zero-order valence-corrected chi connectivity index (χ0v) is 13.5. The number of ether oxygens (including phenoxy) is 1. The number of thioether (sulfide) groups is 1. The van der Waals surface area contributed by atoms with Crippen LogP contribution in [0.5, 0.6) is 0 Å². The van der Waals surface area contributed by atoms with Crippen LogP contribution in [0.4, 0.5) is 0 Å². The Morgan fingerprint density at radius 2 is 1.86 bits per heavy atom. The van der Waals surface area contributed by atoms with Crippen LogP contribution in [-0.2, 0) is 14.3 Å². The highest BCUT2D eigenvalue weighted by Gasteiger charge is 2.23. The number of rotatable bonds is 5. The largest absolute Gasteiger partial charge is 0.468 e. The summed E-state index contributed by atoms with van der Waals surface area (Å²) in [5.74, 6) is 0.606. The SMILES string of the molecule is COC(=O)CN1CCN(C(=O)CSC2CCNCC2)CC1. The fourth-order valence-corrected chi connectivity index (χ4v) is 3.77. The van der Waals surface area contributed by atoms with Crippen molar-refractivity contribution >= 4 is 23.6 Å². The lowest BCUT2D eigenvalue weighted by Crippen LogP contribution is -2.50. The fourth-order valence-electron chi connectivity index (χ4n) is 2.65. The van der Waals surface area contributed by atoms with Gasteiger partial charge in [-0.1, -0.05) is 0 Å². The van der Waals surface area contributed by atoms with Crippen LogP contribution in [0.15, 0.2) is 0 Å².